The molecule has 1 aromatic carbocycles. The van der Waals surface area contributed by atoms with Crippen LogP contribution in [0.3, 0.4) is 0 Å². The van der Waals surface area contributed by atoms with Gasteiger partial charge >= 0.3 is 6.18 Å². The third-order valence-corrected chi connectivity index (χ3v) is 2.20. The summed E-state index contributed by atoms with van der Waals surface area (Å²) in [4.78, 5) is 3.64. The third kappa shape index (κ3) is 2.10. The van der Waals surface area contributed by atoms with Gasteiger partial charge in [-0.1, -0.05) is 0 Å². The van der Waals surface area contributed by atoms with E-state index in [9.17, 15) is 13.2 Å². The van der Waals surface area contributed by atoms with Crippen molar-refractivity contribution in [1.29, 1.82) is 5.26 Å². The van der Waals surface area contributed by atoms with Crippen LogP contribution >= 0.6 is 0 Å². The molecule has 2 aromatic rings. The summed E-state index contributed by atoms with van der Waals surface area (Å²) in [6, 6.07) is 4.60. The van der Waals surface area contributed by atoms with Gasteiger partial charge in [-0.3, -0.25) is 0 Å². The maximum atomic E-state index is 12.6. The monoisotopic (exact) mass is 253 g/mol. The van der Waals surface area contributed by atoms with E-state index < -0.39 is 17.3 Å². The number of aromatic nitrogens is 3. The molecule has 0 atom stereocenters. The molecule has 0 unspecified atom stereocenters. The molecule has 0 spiro atoms. The Morgan fingerprint density at radius 3 is 2.56 bits per heavy atom. The molecule has 0 aliphatic heterocycles. The summed E-state index contributed by atoms with van der Waals surface area (Å²) in [5.41, 5.74) is 4.12. The molecule has 8 heteroatoms. The molecular formula is C10H6F3N5. The number of nitrogens with two attached hydrogens (primary N) is 1. The van der Waals surface area contributed by atoms with Gasteiger partial charge in [-0.25, -0.2) is 9.67 Å². The highest BCUT2D eigenvalue weighted by Crippen LogP contribution is 2.32. The van der Waals surface area contributed by atoms with Crippen molar-refractivity contribution in [2.24, 2.45) is 0 Å². The first-order chi connectivity index (χ1) is 8.41. The van der Waals surface area contributed by atoms with Crippen LogP contribution in [0, 0.1) is 11.3 Å². The van der Waals surface area contributed by atoms with Crippen molar-refractivity contribution in [3.63, 3.8) is 0 Å². The van der Waals surface area contributed by atoms with E-state index in [0.717, 1.165) is 12.1 Å². The standard InChI is InChI=1S/C10H6F3N5/c11-10(12,13)8-2-1-7(3-6(8)4-14)18-5-16-9(15)17-18/h1-3,5H,(H2,15,17). The van der Waals surface area contributed by atoms with Gasteiger partial charge in [0.1, 0.15) is 6.33 Å². The number of nitriles is 1. The highest BCUT2D eigenvalue weighted by atomic mass is 19.4. The van der Waals surface area contributed by atoms with Gasteiger partial charge in [0.25, 0.3) is 0 Å². The smallest absolute Gasteiger partial charge is 0.366 e. The summed E-state index contributed by atoms with van der Waals surface area (Å²) >= 11 is 0. The number of rotatable bonds is 1. The predicted octanol–water partition coefficient (Wildman–Crippen LogP) is 1.74. The quantitative estimate of drug-likeness (QED) is 0.839. The first-order valence-electron chi connectivity index (χ1n) is 4.70. The van der Waals surface area contributed by atoms with Crippen LogP contribution in [-0.4, -0.2) is 14.8 Å². The highest BCUT2D eigenvalue weighted by Gasteiger charge is 2.33. The van der Waals surface area contributed by atoms with Crippen molar-refractivity contribution in [3.8, 4) is 11.8 Å². The molecule has 18 heavy (non-hydrogen) atoms. The molecule has 0 saturated carbocycles. The highest BCUT2D eigenvalue weighted by molar-refractivity contribution is 5.47. The van der Waals surface area contributed by atoms with Crippen molar-refractivity contribution in [3.05, 3.63) is 35.7 Å². The Morgan fingerprint density at radius 1 is 1.33 bits per heavy atom. The second-order valence-corrected chi connectivity index (χ2v) is 3.39. The zero-order valence-electron chi connectivity index (χ0n) is 8.81. The summed E-state index contributed by atoms with van der Waals surface area (Å²) in [6.07, 6.45) is -3.32. The number of halogens is 3. The van der Waals surface area contributed by atoms with E-state index in [-0.39, 0.29) is 11.6 Å². The van der Waals surface area contributed by atoms with E-state index in [1.165, 1.54) is 23.1 Å². The normalized spacial score (nSPS) is 11.2. The minimum Gasteiger partial charge on any atom is -0.366 e. The summed E-state index contributed by atoms with van der Waals surface area (Å²) in [5, 5.41) is 12.5. The number of hydrogen-bond acceptors (Lipinski definition) is 4. The summed E-state index contributed by atoms with van der Waals surface area (Å²) in [5.74, 6) is -0.00611. The average molecular weight is 253 g/mol. The summed E-state index contributed by atoms with van der Waals surface area (Å²) in [6.45, 7) is 0. The lowest BCUT2D eigenvalue weighted by Gasteiger charge is -2.09. The van der Waals surface area contributed by atoms with E-state index in [1.54, 1.807) is 0 Å². The van der Waals surface area contributed by atoms with Crippen LogP contribution in [0.5, 0.6) is 0 Å². The second kappa shape index (κ2) is 4.03. The Balaban J connectivity index is 2.53. The van der Waals surface area contributed by atoms with Crippen LogP contribution in [0.1, 0.15) is 11.1 Å². The van der Waals surface area contributed by atoms with Gasteiger partial charge in [-0.05, 0) is 18.2 Å². The predicted molar refractivity (Wildman–Crippen MR) is 55.5 cm³/mol. The van der Waals surface area contributed by atoms with Gasteiger partial charge in [0.2, 0.25) is 5.95 Å². The molecule has 5 nitrogen and oxygen atoms in total. The second-order valence-electron chi connectivity index (χ2n) is 3.39. The van der Waals surface area contributed by atoms with Gasteiger partial charge in [-0.2, -0.15) is 18.4 Å². The average Bonchev–Trinajstić information content (AvgIpc) is 2.74. The van der Waals surface area contributed by atoms with E-state index in [0.29, 0.717) is 0 Å². The number of nitrogens with zero attached hydrogens (tertiary/aromatic N) is 4. The minimum absolute atomic E-state index is 0.00611. The van der Waals surface area contributed by atoms with Gasteiger partial charge in [0.15, 0.2) is 0 Å². The lowest BCUT2D eigenvalue weighted by Crippen LogP contribution is -2.08. The van der Waals surface area contributed by atoms with Gasteiger partial charge in [-0.15, -0.1) is 5.10 Å². The van der Waals surface area contributed by atoms with E-state index in [2.05, 4.69) is 10.1 Å². The maximum absolute atomic E-state index is 12.6. The Kier molecular flexibility index (Phi) is 2.67. The SMILES string of the molecule is N#Cc1cc(-n2cnc(N)n2)ccc1C(F)(F)F. The minimum atomic E-state index is -4.56. The molecule has 2 N–H and O–H groups in total. The first kappa shape index (κ1) is 11.9. The Labute approximate surface area is 99.3 Å². The topological polar surface area (TPSA) is 80.5 Å². The Bertz CT molecular complexity index is 623. The van der Waals surface area contributed by atoms with Crippen LogP contribution in [-0.2, 0) is 6.18 Å². The molecule has 0 bridgehead atoms. The number of hydrogen-bond donors (Lipinski definition) is 1. The maximum Gasteiger partial charge on any atom is 0.417 e. The fraction of sp³-hybridized carbons (Fsp3) is 0.100. The lowest BCUT2D eigenvalue weighted by atomic mass is 10.1. The van der Waals surface area contributed by atoms with Crippen molar-refractivity contribution in [2.45, 2.75) is 6.18 Å². The molecule has 1 heterocycles. The number of alkyl halides is 3. The van der Waals surface area contributed by atoms with Gasteiger partial charge < -0.3 is 5.73 Å². The molecule has 0 saturated heterocycles. The molecule has 0 aliphatic carbocycles. The molecule has 1 aromatic heterocycles. The number of nitrogen functional groups attached to an aromatic ring is 1. The molecule has 0 amide bonds. The third-order valence-electron chi connectivity index (χ3n) is 2.20. The summed E-state index contributed by atoms with van der Waals surface area (Å²) in [7, 11) is 0. The largest absolute Gasteiger partial charge is 0.417 e. The lowest BCUT2D eigenvalue weighted by molar-refractivity contribution is -0.137. The van der Waals surface area contributed by atoms with E-state index in [4.69, 9.17) is 11.0 Å². The van der Waals surface area contributed by atoms with E-state index in [1.807, 2.05) is 0 Å². The zero-order chi connectivity index (χ0) is 13.3. The van der Waals surface area contributed by atoms with Crippen LogP contribution in [0.4, 0.5) is 19.1 Å². The molecular weight excluding hydrogens is 247 g/mol. The fourth-order valence-electron chi connectivity index (χ4n) is 1.41. The van der Waals surface area contributed by atoms with Crippen LogP contribution in [0.15, 0.2) is 24.5 Å². The first-order valence-corrected chi connectivity index (χ1v) is 4.70. The number of anilines is 1. The fourth-order valence-corrected chi connectivity index (χ4v) is 1.41. The van der Waals surface area contributed by atoms with Crippen LogP contribution in [0.2, 0.25) is 0 Å². The van der Waals surface area contributed by atoms with Crippen molar-refractivity contribution >= 4 is 5.95 Å². The number of benzene rings is 1. The van der Waals surface area contributed by atoms with Gasteiger partial charge in [0, 0.05) is 0 Å². The molecule has 0 radical (unpaired) electrons. The molecule has 0 fully saturated rings. The van der Waals surface area contributed by atoms with Crippen molar-refractivity contribution in [1.82, 2.24) is 14.8 Å². The molecule has 92 valence electrons. The van der Waals surface area contributed by atoms with E-state index >= 15 is 0 Å². The Morgan fingerprint density at radius 2 is 2.06 bits per heavy atom. The van der Waals surface area contributed by atoms with Crippen LogP contribution < -0.4 is 5.73 Å². The van der Waals surface area contributed by atoms with Crippen LogP contribution in [0.25, 0.3) is 5.69 Å². The summed E-state index contributed by atoms with van der Waals surface area (Å²) < 4.78 is 38.9. The van der Waals surface area contributed by atoms with Crippen molar-refractivity contribution in [2.75, 3.05) is 5.73 Å². The zero-order valence-corrected chi connectivity index (χ0v) is 8.81. The Hall–Kier alpha value is -2.56. The molecule has 2 rings (SSSR count). The van der Waals surface area contributed by atoms with Gasteiger partial charge in [0.05, 0.1) is 22.9 Å². The molecule has 0 aliphatic rings. The van der Waals surface area contributed by atoms with Crippen molar-refractivity contribution < 1.29 is 13.2 Å².